The fourth-order valence-corrected chi connectivity index (χ4v) is 5.92. The Bertz CT molecular complexity index is 1750. The zero-order chi connectivity index (χ0) is 30.6. The van der Waals surface area contributed by atoms with Crippen molar-refractivity contribution in [1.29, 1.82) is 0 Å². The summed E-state index contributed by atoms with van der Waals surface area (Å²) in [5.74, 6) is -0.139. The highest BCUT2D eigenvalue weighted by Gasteiger charge is 2.51. The number of imidazole rings is 2. The fraction of sp³-hybridized carbons (Fsp3) is 0.524. The van der Waals surface area contributed by atoms with Gasteiger partial charge in [-0.3, -0.25) is 28.0 Å². The van der Waals surface area contributed by atoms with Crippen LogP contribution in [0, 0.1) is 0 Å². The predicted molar refractivity (Wildman–Crippen MR) is 140 cm³/mol. The third kappa shape index (κ3) is 5.25. The molecule has 9 N–H and O–H groups in total. The quantitative estimate of drug-likeness (QED) is 0.0944. The number of nitrogens with two attached hydrogens (primary N) is 2. The number of phosphoric ester groups is 1. The number of hydrogen-bond donors (Lipinski definition) is 7. The molecule has 0 saturated carbocycles. The van der Waals surface area contributed by atoms with Gasteiger partial charge >= 0.3 is 7.82 Å². The van der Waals surface area contributed by atoms with Crippen LogP contribution in [0.25, 0.3) is 22.3 Å². The van der Waals surface area contributed by atoms with Gasteiger partial charge in [0.15, 0.2) is 41.4 Å². The van der Waals surface area contributed by atoms with Crippen LogP contribution in [0.5, 0.6) is 0 Å². The van der Waals surface area contributed by atoms with Crippen LogP contribution >= 0.6 is 7.82 Å². The van der Waals surface area contributed by atoms with Crippen molar-refractivity contribution < 1.29 is 48.0 Å². The van der Waals surface area contributed by atoms with E-state index in [1.54, 1.807) is 6.92 Å². The second-order valence-corrected chi connectivity index (χ2v) is 11.0. The number of aromatic amines is 1. The number of nitrogens with one attached hydrogen (secondary N) is 1. The number of nitrogen functional groups attached to an aromatic ring is 2. The van der Waals surface area contributed by atoms with Crippen LogP contribution in [-0.4, -0.2) is 109 Å². The molecule has 6 heterocycles. The first kappa shape index (κ1) is 29.4. The van der Waals surface area contributed by atoms with Gasteiger partial charge < -0.3 is 45.9 Å². The van der Waals surface area contributed by atoms with Crippen molar-refractivity contribution in [2.45, 2.75) is 56.2 Å². The average Bonchev–Trinajstić information content (AvgIpc) is 3.70. The molecule has 0 aromatic carbocycles. The zero-order valence-corrected chi connectivity index (χ0v) is 23.0. The molecule has 0 amide bonds. The fourth-order valence-electron chi connectivity index (χ4n) is 4.99. The lowest BCUT2D eigenvalue weighted by atomic mass is 10.1. The Morgan fingerprint density at radius 1 is 1.00 bits per heavy atom. The van der Waals surface area contributed by atoms with Crippen molar-refractivity contribution in [2.24, 2.45) is 0 Å². The Labute approximate surface area is 239 Å². The summed E-state index contributed by atoms with van der Waals surface area (Å²) in [6.45, 7) is 1.22. The lowest BCUT2D eigenvalue weighted by Gasteiger charge is -2.25. The number of fused-ring (bicyclic) bond motifs is 2. The van der Waals surface area contributed by atoms with E-state index in [4.69, 9.17) is 34.7 Å². The first-order chi connectivity index (χ1) is 20.5. The predicted octanol–water partition coefficient (Wildman–Crippen LogP) is -2.50. The minimum absolute atomic E-state index is 0.104. The van der Waals surface area contributed by atoms with Crippen LogP contribution < -0.4 is 17.0 Å². The molecular weight excluding hydrogens is 599 g/mol. The molecule has 2 saturated heterocycles. The van der Waals surface area contributed by atoms with Crippen LogP contribution in [0.3, 0.4) is 0 Å². The third-order valence-electron chi connectivity index (χ3n) is 6.90. The van der Waals surface area contributed by atoms with Gasteiger partial charge in [0.05, 0.1) is 19.3 Å². The van der Waals surface area contributed by atoms with Crippen molar-refractivity contribution in [1.82, 2.24) is 39.0 Å². The highest BCUT2D eigenvalue weighted by molar-refractivity contribution is 7.47. The van der Waals surface area contributed by atoms with Gasteiger partial charge in [0.25, 0.3) is 5.56 Å². The number of nitrogens with zero attached hydrogens (tertiary/aromatic N) is 7. The van der Waals surface area contributed by atoms with Crippen LogP contribution in [0.15, 0.2) is 23.8 Å². The van der Waals surface area contributed by atoms with E-state index in [0.717, 1.165) is 10.9 Å². The molecule has 43 heavy (non-hydrogen) atoms. The molecule has 9 unspecified atom stereocenters. The average molecular weight is 626 g/mol. The van der Waals surface area contributed by atoms with Crippen molar-refractivity contribution in [3.8, 4) is 0 Å². The number of aromatic nitrogens is 8. The molecule has 9 atom stereocenters. The van der Waals surface area contributed by atoms with Crippen LogP contribution in [-0.2, 0) is 27.8 Å². The number of H-pyrrole nitrogens is 1. The molecule has 21 nitrogen and oxygen atoms in total. The summed E-state index contributed by atoms with van der Waals surface area (Å²) in [5, 5.41) is 31.7. The Balaban J connectivity index is 1.20. The number of hydrogen-bond acceptors (Lipinski definition) is 17. The molecule has 0 radical (unpaired) electrons. The molecule has 232 valence electrons. The van der Waals surface area contributed by atoms with E-state index < -0.39 is 69.3 Å². The molecule has 2 fully saturated rings. The Kier molecular flexibility index (Phi) is 7.62. The lowest BCUT2D eigenvalue weighted by molar-refractivity contribution is -0.141. The van der Waals surface area contributed by atoms with Crippen LogP contribution in [0.1, 0.15) is 19.4 Å². The SMILES string of the molecule is CCOC1C(COP(=O)(O)OC2C(O)C(O)OC2n2cnc3c(=O)[nH]c(N)nc32)OC(n2cnc3c(N)ncnc32)C1O. The third-order valence-corrected chi connectivity index (χ3v) is 7.89. The van der Waals surface area contributed by atoms with E-state index in [2.05, 4.69) is 29.9 Å². The molecule has 4 aromatic rings. The highest BCUT2D eigenvalue weighted by atomic mass is 31.2. The smallest absolute Gasteiger partial charge is 0.386 e. The van der Waals surface area contributed by atoms with E-state index in [1.165, 1.54) is 17.2 Å². The van der Waals surface area contributed by atoms with E-state index >= 15 is 0 Å². The summed E-state index contributed by atoms with van der Waals surface area (Å²) in [4.78, 5) is 45.1. The Morgan fingerprint density at radius 2 is 1.72 bits per heavy atom. The van der Waals surface area contributed by atoms with Crippen molar-refractivity contribution >= 4 is 41.9 Å². The van der Waals surface area contributed by atoms with Crippen molar-refractivity contribution in [3.63, 3.8) is 0 Å². The van der Waals surface area contributed by atoms with E-state index in [9.17, 15) is 29.6 Å². The Hall–Kier alpha value is -3.63. The molecule has 0 aliphatic carbocycles. The monoisotopic (exact) mass is 626 g/mol. The summed E-state index contributed by atoms with van der Waals surface area (Å²) in [7, 11) is -5.04. The Morgan fingerprint density at radius 3 is 2.47 bits per heavy atom. The summed E-state index contributed by atoms with van der Waals surface area (Å²) in [6.07, 6.45) is -7.71. The van der Waals surface area contributed by atoms with Gasteiger partial charge in [-0.1, -0.05) is 0 Å². The minimum Gasteiger partial charge on any atom is -0.386 e. The van der Waals surface area contributed by atoms with Gasteiger partial charge in [0, 0.05) is 6.61 Å². The number of aliphatic hydroxyl groups excluding tert-OH is 3. The largest absolute Gasteiger partial charge is 0.472 e. The first-order valence-electron chi connectivity index (χ1n) is 12.8. The maximum absolute atomic E-state index is 13.1. The topological polar surface area (TPSA) is 303 Å². The van der Waals surface area contributed by atoms with Gasteiger partial charge in [-0.25, -0.2) is 24.5 Å². The van der Waals surface area contributed by atoms with E-state index in [0.29, 0.717) is 0 Å². The molecule has 2 aliphatic heterocycles. The zero-order valence-electron chi connectivity index (χ0n) is 22.1. The minimum atomic E-state index is -5.04. The van der Waals surface area contributed by atoms with Crippen LogP contribution in [0.4, 0.5) is 11.8 Å². The second-order valence-electron chi connectivity index (χ2n) is 9.58. The van der Waals surface area contributed by atoms with Crippen molar-refractivity contribution in [2.75, 3.05) is 24.7 Å². The number of ether oxygens (including phenoxy) is 3. The number of rotatable bonds is 9. The van der Waals surface area contributed by atoms with E-state index in [1.807, 2.05) is 0 Å². The van der Waals surface area contributed by atoms with Crippen molar-refractivity contribution in [3.05, 3.63) is 29.3 Å². The molecule has 0 bridgehead atoms. The summed E-state index contributed by atoms with van der Waals surface area (Å²) < 4.78 is 42.9. The maximum Gasteiger partial charge on any atom is 0.472 e. The van der Waals surface area contributed by atoms with Gasteiger partial charge in [-0.15, -0.1) is 0 Å². The highest BCUT2D eigenvalue weighted by Crippen LogP contribution is 2.50. The molecule has 0 spiro atoms. The normalized spacial score (nSPS) is 30.8. The molecule has 2 aliphatic rings. The van der Waals surface area contributed by atoms with Gasteiger partial charge in [-0.2, -0.15) is 4.98 Å². The molecule has 22 heteroatoms. The standard InChI is InChI=1S/C21H27N10O11P/c1-2-38-12-7(40-18(10(12)32)30-5-26-8-14(22)24-4-25-15(8)30)3-39-43(36,37)42-13-11(33)20(35)41-19(13)31-6-27-9-16(31)28-21(23)29-17(9)34/h4-7,10-13,18-20,32-33,35H,2-3H2,1H3,(H,36,37)(H2,22,24,25)(H3,23,28,29,34). The number of aliphatic hydroxyl groups is 3. The summed E-state index contributed by atoms with van der Waals surface area (Å²) in [5.41, 5.74) is 11.1. The van der Waals surface area contributed by atoms with Gasteiger partial charge in [-0.05, 0) is 6.92 Å². The summed E-state index contributed by atoms with van der Waals surface area (Å²) >= 11 is 0. The first-order valence-corrected chi connectivity index (χ1v) is 14.3. The molecular formula is C21H27N10O11P. The molecule has 4 aromatic heterocycles. The van der Waals surface area contributed by atoms with Gasteiger partial charge in [0.2, 0.25) is 5.95 Å². The number of phosphoric acid groups is 1. The summed E-state index contributed by atoms with van der Waals surface area (Å²) in [6, 6.07) is 0. The second kappa shape index (κ2) is 11.1. The van der Waals surface area contributed by atoms with Crippen LogP contribution in [0.2, 0.25) is 0 Å². The van der Waals surface area contributed by atoms with E-state index in [-0.39, 0.29) is 40.7 Å². The van der Waals surface area contributed by atoms with Gasteiger partial charge in [0.1, 0.15) is 42.4 Å². The number of anilines is 2. The lowest BCUT2D eigenvalue weighted by Crippen LogP contribution is -2.37. The maximum atomic E-state index is 13.1. The molecule has 6 rings (SSSR count).